The normalized spacial score (nSPS) is 21.9. The first-order valence-corrected chi connectivity index (χ1v) is 11.4. The number of nitrogen functional groups attached to an aromatic ring is 1. The van der Waals surface area contributed by atoms with Crippen LogP contribution in [0.5, 0.6) is 0 Å². The summed E-state index contributed by atoms with van der Waals surface area (Å²) in [5.74, 6) is -1.41. The van der Waals surface area contributed by atoms with Crippen molar-refractivity contribution < 1.29 is 18.8 Å². The van der Waals surface area contributed by atoms with Crippen molar-refractivity contribution in [2.24, 2.45) is 0 Å². The van der Waals surface area contributed by atoms with E-state index in [-0.39, 0.29) is 36.5 Å². The number of nitrogens with zero attached hydrogens (tertiary/aromatic N) is 2. The summed E-state index contributed by atoms with van der Waals surface area (Å²) >= 11 is 0. The van der Waals surface area contributed by atoms with E-state index in [1.165, 1.54) is 11.0 Å². The Morgan fingerprint density at radius 1 is 1.06 bits per heavy atom. The lowest BCUT2D eigenvalue weighted by atomic mass is 9.87. The van der Waals surface area contributed by atoms with Crippen LogP contribution >= 0.6 is 0 Å². The van der Waals surface area contributed by atoms with E-state index in [1.54, 1.807) is 0 Å². The number of halogens is 1. The van der Waals surface area contributed by atoms with Crippen molar-refractivity contribution in [3.63, 3.8) is 0 Å². The number of piperidine rings is 2. The molecule has 2 aromatic rings. The Balaban J connectivity index is 1.27. The first-order valence-electron chi connectivity index (χ1n) is 11.4. The third-order valence-corrected chi connectivity index (χ3v) is 7.12. The van der Waals surface area contributed by atoms with Crippen molar-refractivity contribution in [3.05, 3.63) is 64.5 Å². The molecule has 7 nitrogen and oxygen atoms in total. The third kappa shape index (κ3) is 4.11. The molecule has 0 saturated carbocycles. The largest absolute Gasteiger partial charge is 0.398 e. The molecule has 2 aromatic carbocycles. The Kier molecular flexibility index (Phi) is 5.62. The predicted molar refractivity (Wildman–Crippen MR) is 121 cm³/mol. The summed E-state index contributed by atoms with van der Waals surface area (Å²) in [7, 11) is 0. The number of imide groups is 1. The summed E-state index contributed by atoms with van der Waals surface area (Å²) in [6.45, 7) is 2.73. The Bertz CT molecular complexity index is 1130. The molecule has 0 radical (unpaired) electrons. The molecule has 8 heteroatoms. The molecule has 3 aliphatic rings. The number of amides is 3. The standard InChI is InChI=1S/C25H27FN4O3/c26-20-12-19-17(14-30(25(19)33)22-5-6-23(31)28-24(22)32)11-18(20)15-7-9-29(10-8-15)13-16-3-1-2-4-21(16)27/h1-4,11-12,15,22H,5-10,13-14,27H2,(H,28,31,32). The number of para-hydroxylation sites is 1. The van der Waals surface area contributed by atoms with Gasteiger partial charge >= 0.3 is 0 Å². The van der Waals surface area contributed by atoms with Crippen LogP contribution in [0, 0.1) is 5.82 Å². The van der Waals surface area contributed by atoms with Crippen LogP contribution < -0.4 is 11.1 Å². The summed E-state index contributed by atoms with van der Waals surface area (Å²) in [6, 6.07) is 10.3. The predicted octanol–water partition coefficient (Wildman–Crippen LogP) is 2.55. The molecule has 2 fully saturated rings. The van der Waals surface area contributed by atoms with Gasteiger partial charge in [-0.05, 0) is 67.1 Å². The highest BCUT2D eigenvalue weighted by molar-refractivity contribution is 6.05. The second-order valence-electron chi connectivity index (χ2n) is 9.18. The monoisotopic (exact) mass is 450 g/mol. The number of carbonyl (C=O) groups is 3. The van der Waals surface area contributed by atoms with Crippen LogP contribution in [0.15, 0.2) is 36.4 Å². The van der Waals surface area contributed by atoms with Crippen molar-refractivity contribution in [3.8, 4) is 0 Å². The van der Waals surface area contributed by atoms with Gasteiger partial charge in [0.1, 0.15) is 11.9 Å². The second kappa shape index (κ2) is 8.59. The van der Waals surface area contributed by atoms with Gasteiger partial charge in [0.05, 0.1) is 0 Å². The molecule has 0 spiro atoms. The minimum absolute atomic E-state index is 0.0828. The summed E-state index contributed by atoms with van der Waals surface area (Å²) in [4.78, 5) is 40.4. The Morgan fingerprint density at radius 2 is 1.82 bits per heavy atom. The summed E-state index contributed by atoms with van der Waals surface area (Å²) < 4.78 is 15.1. The molecular formula is C25H27FN4O3. The van der Waals surface area contributed by atoms with Gasteiger partial charge in [-0.2, -0.15) is 0 Å². The van der Waals surface area contributed by atoms with E-state index in [9.17, 15) is 14.4 Å². The lowest BCUT2D eigenvalue weighted by molar-refractivity contribution is -0.136. The zero-order valence-electron chi connectivity index (χ0n) is 18.4. The van der Waals surface area contributed by atoms with Crippen molar-refractivity contribution in [1.82, 2.24) is 15.1 Å². The molecule has 5 rings (SSSR count). The minimum atomic E-state index is -0.692. The lowest BCUT2D eigenvalue weighted by Crippen LogP contribution is -2.52. The van der Waals surface area contributed by atoms with Crippen molar-refractivity contribution in [2.45, 2.75) is 50.7 Å². The maximum atomic E-state index is 15.1. The number of fused-ring (bicyclic) bond motifs is 1. The van der Waals surface area contributed by atoms with E-state index >= 15 is 4.39 Å². The molecule has 3 heterocycles. The Hall–Kier alpha value is -3.26. The maximum Gasteiger partial charge on any atom is 0.255 e. The van der Waals surface area contributed by atoms with Gasteiger partial charge in [-0.3, -0.25) is 24.6 Å². The molecule has 0 aliphatic carbocycles. The van der Waals surface area contributed by atoms with Crippen LogP contribution in [-0.2, 0) is 22.7 Å². The number of nitrogens with two attached hydrogens (primary N) is 1. The first kappa shape index (κ1) is 21.6. The fourth-order valence-corrected chi connectivity index (χ4v) is 5.24. The Morgan fingerprint density at radius 3 is 2.55 bits per heavy atom. The van der Waals surface area contributed by atoms with Crippen molar-refractivity contribution in [2.75, 3.05) is 18.8 Å². The molecule has 0 aromatic heterocycles. The average Bonchev–Trinajstić information content (AvgIpc) is 3.11. The molecule has 33 heavy (non-hydrogen) atoms. The topological polar surface area (TPSA) is 95.7 Å². The molecule has 2 saturated heterocycles. The number of benzene rings is 2. The number of likely N-dealkylation sites (tertiary alicyclic amines) is 1. The van der Waals surface area contributed by atoms with Gasteiger partial charge < -0.3 is 10.6 Å². The van der Waals surface area contributed by atoms with Crippen molar-refractivity contribution >= 4 is 23.4 Å². The zero-order chi connectivity index (χ0) is 23.1. The van der Waals surface area contributed by atoms with E-state index in [0.29, 0.717) is 17.5 Å². The molecule has 0 bridgehead atoms. The number of carbonyl (C=O) groups excluding carboxylic acids is 3. The number of hydrogen-bond acceptors (Lipinski definition) is 5. The number of rotatable bonds is 4. The maximum absolute atomic E-state index is 15.1. The lowest BCUT2D eigenvalue weighted by Gasteiger charge is -2.32. The average molecular weight is 451 g/mol. The number of anilines is 1. The summed E-state index contributed by atoms with van der Waals surface area (Å²) in [5.41, 5.74) is 9.67. The minimum Gasteiger partial charge on any atom is -0.398 e. The zero-order valence-corrected chi connectivity index (χ0v) is 18.4. The van der Waals surface area contributed by atoms with Crippen LogP contribution in [0.2, 0.25) is 0 Å². The van der Waals surface area contributed by atoms with Gasteiger partial charge in [0.2, 0.25) is 11.8 Å². The van der Waals surface area contributed by atoms with E-state index in [2.05, 4.69) is 10.2 Å². The smallest absolute Gasteiger partial charge is 0.255 e. The quantitative estimate of drug-likeness (QED) is 0.551. The van der Waals surface area contributed by atoms with E-state index in [0.717, 1.165) is 49.3 Å². The molecule has 1 unspecified atom stereocenters. The van der Waals surface area contributed by atoms with E-state index < -0.39 is 11.9 Å². The SMILES string of the molecule is Nc1ccccc1CN1CCC(c2cc3c(cc2F)C(=O)N(C2CCC(=O)NC2=O)C3)CC1. The second-order valence-corrected chi connectivity index (χ2v) is 9.18. The Labute approximate surface area is 191 Å². The third-order valence-electron chi connectivity index (χ3n) is 7.12. The molecular weight excluding hydrogens is 423 g/mol. The van der Waals surface area contributed by atoms with E-state index in [4.69, 9.17) is 5.73 Å². The van der Waals surface area contributed by atoms with Crippen LogP contribution in [0.4, 0.5) is 10.1 Å². The van der Waals surface area contributed by atoms with Crippen LogP contribution in [0.3, 0.4) is 0 Å². The van der Waals surface area contributed by atoms with Gasteiger partial charge in [-0.15, -0.1) is 0 Å². The highest BCUT2D eigenvalue weighted by atomic mass is 19.1. The summed E-state index contributed by atoms with van der Waals surface area (Å²) in [5, 5.41) is 2.29. The first-order chi connectivity index (χ1) is 15.9. The molecule has 3 N–H and O–H groups in total. The van der Waals surface area contributed by atoms with Crippen molar-refractivity contribution in [1.29, 1.82) is 0 Å². The molecule has 3 amide bonds. The van der Waals surface area contributed by atoms with Gasteiger partial charge in [-0.25, -0.2) is 4.39 Å². The van der Waals surface area contributed by atoms with Crippen LogP contribution in [-0.4, -0.2) is 46.7 Å². The van der Waals surface area contributed by atoms with Gasteiger partial charge in [0, 0.05) is 30.8 Å². The number of nitrogens with one attached hydrogen (secondary N) is 1. The van der Waals surface area contributed by atoms with Gasteiger partial charge in [-0.1, -0.05) is 24.3 Å². The molecule has 1 atom stereocenters. The van der Waals surface area contributed by atoms with E-state index in [1.807, 2.05) is 30.3 Å². The van der Waals surface area contributed by atoms with Crippen LogP contribution in [0.1, 0.15) is 58.6 Å². The van der Waals surface area contributed by atoms with Gasteiger partial charge in [0.15, 0.2) is 0 Å². The highest BCUT2D eigenvalue weighted by Crippen LogP contribution is 2.35. The molecule has 172 valence electrons. The number of hydrogen-bond donors (Lipinski definition) is 2. The fourth-order valence-electron chi connectivity index (χ4n) is 5.24. The molecule has 3 aliphatic heterocycles. The summed E-state index contributed by atoms with van der Waals surface area (Å²) in [6.07, 6.45) is 2.15. The van der Waals surface area contributed by atoms with Crippen LogP contribution in [0.25, 0.3) is 0 Å². The highest BCUT2D eigenvalue weighted by Gasteiger charge is 2.40. The van der Waals surface area contributed by atoms with Gasteiger partial charge in [0.25, 0.3) is 5.91 Å². The fraction of sp³-hybridized carbons (Fsp3) is 0.400.